The number of nitrogens with zero attached hydrogens (tertiary/aromatic N) is 2. The topological polar surface area (TPSA) is 53.1 Å². The van der Waals surface area contributed by atoms with Gasteiger partial charge in [0.15, 0.2) is 0 Å². The Kier molecular flexibility index (Phi) is 3.32. The van der Waals surface area contributed by atoms with Crippen molar-refractivity contribution in [1.29, 1.82) is 0 Å². The van der Waals surface area contributed by atoms with Crippen molar-refractivity contribution >= 4 is 5.69 Å². The smallest absolute Gasteiger partial charge is 0.145 e. The molecule has 0 aliphatic heterocycles. The fourth-order valence-electron chi connectivity index (χ4n) is 1.74. The highest BCUT2D eigenvalue weighted by atomic mass is 16.5. The summed E-state index contributed by atoms with van der Waals surface area (Å²) in [5.74, 6) is 0.788. The van der Waals surface area contributed by atoms with Gasteiger partial charge in [0.2, 0.25) is 0 Å². The van der Waals surface area contributed by atoms with Gasteiger partial charge in [0.1, 0.15) is 5.75 Å². The van der Waals surface area contributed by atoms with Crippen LogP contribution in [0.15, 0.2) is 30.6 Å². The van der Waals surface area contributed by atoms with E-state index in [2.05, 4.69) is 5.10 Å². The Balaban J connectivity index is 1.94. The van der Waals surface area contributed by atoms with Crippen LogP contribution in [0.3, 0.4) is 0 Å². The van der Waals surface area contributed by atoms with Gasteiger partial charge in [0.05, 0.1) is 18.5 Å². The summed E-state index contributed by atoms with van der Waals surface area (Å²) < 4.78 is 7.51. The molecule has 0 saturated heterocycles. The summed E-state index contributed by atoms with van der Waals surface area (Å²) in [6.45, 7) is 2.61. The van der Waals surface area contributed by atoms with Crippen molar-refractivity contribution in [3.63, 3.8) is 0 Å². The molecule has 2 rings (SSSR count). The van der Waals surface area contributed by atoms with E-state index in [9.17, 15) is 0 Å². The molecule has 0 aliphatic carbocycles. The van der Waals surface area contributed by atoms with Crippen LogP contribution in [0.25, 0.3) is 0 Å². The summed E-state index contributed by atoms with van der Waals surface area (Å²) in [5.41, 5.74) is 8.79. The Bertz CT molecular complexity index is 485. The molecule has 0 aliphatic rings. The van der Waals surface area contributed by atoms with Gasteiger partial charge >= 0.3 is 0 Å². The maximum absolute atomic E-state index is 5.86. The summed E-state index contributed by atoms with van der Waals surface area (Å²) in [4.78, 5) is 0. The van der Waals surface area contributed by atoms with Crippen molar-refractivity contribution in [2.24, 2.45) is 7.05 Å². The van der Waals surface area contributed by atoms with Crippen LogP contribution in [0.5, 0.6) is 5.75 Å². The number of hydrogen-bond acceptors (Lipinski definition) is 3. The average molecular weight is 231 g/mol. The highest BCUT2D eigenvalue weighted by molar-refractivity contribution is 5.56. The van der Waals surface area contributed by atoms with E-state index in [4.69, 9.17) is 10.5 Å². The second kappa shape index (κ2) is 4.91. The lowest BCUT2D eigenvalue weighted by molar-refractivity contribution is 0.321. The molecule has 0 unspecified atom stereocenters. The first-order valence-electron chi connectivity index (χ1n) is 5.62. The van der Waals surface area contributed by atoms with Crippen LogP contribution in [-0.4, -0.2) is 16.4 Å². The van der Waals surface area contributed by atoms with Crippen LogP contribution in [0, 0.1) is 6.92 Å². The molecule has 2 N–H and O–H groups in total. The molecular weight excluding hydrogens is 214 g/mol. The summed E-state index contributed by atoms with van der Waals surface area (Å²) >= 11 is 0. The summed E-state index contributed by atoms with van der Waals surface area (Å²) in [7, 11) is 1.91. The molecule has 4 nitrogen and oxygen atoms in total. The number of rotatable bonds is 4. The number of aryl methyl sites for hydroxylation is 2. The standard InChI is InChI=1S/C13H17N3O/c1-10-4-3-5-12(14)13(10)17-7-6-11-8-15-16(2)9-11/h3-5,8-9H,6-7,14H2,1-2H3. The van der Waals surface area contributed by atoms with Crippen molar-refractivity contribution in [1.82, 2.24) is 9.78 Å². The van der Waals surface area contributed by atoms with Gasteiger partial charge < -0.3 is 10.5 Å². The number of nitrogen functional groups attached to an aromatic ring is 1. The van der Waals surface area contributed by atoms with Gasteiger partial charge in [-0.25, -0.2) is 0 Å². The number of aromatic nitrogens is 2. The third kappa shape index (κ3) is 2.78. The molecule has 1 aromatic heterocycles. The predicted octanol–water partition coefficient (Wildman–Crippen LogP) is 1.93. The predicted molar refractivity (Wildman–Crippen MR) is 68.0 cm³/mol. The number of anilines is 1. The minimum absolute atomic E-state index is 0.612. The fourth-order valence-corrected chi connectivity index (χ4v) is 1.74. The van der Waals surface area contributed by atoms with E-state index in [-0.39, 0.29) is 0 Å². The maximum atomic E-state index is 5.86. The van der Waals surface area contributed by atoms with E-state index >= 15 is 0 Å². The highest BCUT2D eigenvalue weighted by Crippen LogP contribution is 2.25. The van der Waals surface area contributed by atoms with Gasteiger partial charge in [-0.2, -0.15) is 5.10 Å². The number of benzene rings is 1. The summed E-state index contributed by atoms with van der Waals surface area (Å²) in [6, 6.07) is 5.78. The lowest BCUT2D eigenvalue weighted by Crippen LogP contribution is -2.04. The Morgan fingerprint density at radius 1 is 1.41 bits per heavy atom. The van der Waals surface area contributed by atoms with Gasteiger partial charge in [-0.1, -0.05) is 12.1 Å². The molecule has 1 heterocycles. The van der Waals surface area contributed by atoms with E-state index in [1.165, 1.54) is 5.56 Å². The zero-order valence-electron chi connectivity index (χ0n) is 10.2. The molecule has 0 fully saturated rings. The largest absolute Gasteiger partial charge is 0.491 e. The zero-order chi connectivity index (χ0) is 12.3. The Morgan fingerprint density at radius 2 is 2.24 bits per heavy atom. The number of nitrogens with two attached hydrogens (primary N) is 1. The molecule has 0 atom stereocenters. The maximum Gasteiger partial charge on any atom is 0.145 e. The van der Waals surface area contributed by atoms with Crippen LogP contribution in [0.4, 0.5) is 5.69 Å². The summed E-state index contributed by atoms with van der Waals surface area (Å²) in [6.07, 6.45) is 4.68. The SMILES string of the molecule is Cc1cccc(N)c1OCCc1cnn(C)c1. The van der Waals surface area contributed by atoms with E-state index in [1.807, 2.05) is 44.6 Å². The summed E-state index contributed by atoms with van der Waals surface area (Å²) in [5, 5.41) is 4.11. The lowest BCUT2D eigenvalue weighted by Gasteiger charge is -2.10. The van der Waals surface area contributed by atoms with E-state index < -0.39 is 0 Å². The number of ether oxygens (including phenoxy) is 1. The third-order valence-corrected chi connectivity index (χ3v) is 2.64. The molecule has 4 heteroatoms. The van der Waals surface area contributed by atoms with Crippen molar-refractivity contribution in [3.8, 4) is 5.75 Å². The molecule has 0 saturated carbocycles. The van der Waals surface area contributed by atoms with Gasteiger partial charge in [-0.3, -0.25) is 4.68 Å². The van der Waals surface area contributed by atoms with E-state index in [0.29, 0.717) is 12.3 Å². The quantitative estimate of drug-likeness (QED) is 0.818. The number of para-hydroxylation sites is 1. The monoisotopic (exact) mass is 231 g/mol. The molecule has 0 amide bonds. The minimum Gasteiger partial charge on any atom is -0.491 e. The fraction of sp³-hybridized carbons (Fsp3) is 0.308. The molecule has 90 valence electrons. The molecular formula is C13H17N3O. The van der Waals surface area contributed by atoms with Crippen molar-refractivity contribution < 1.29 is 4.74 Å². The molecule has 0 bridgehead atoms. The average Bonchev–Trinajstić information content (AvgIpc) is 2.69. The second-order valence-corrected chi connectivity index (χ2v) is 4.11. The third-order valence-electron chi connectivity index (χ3n) is 2.64. The molecule has 0 radical (unpaired) electrons. The van der Waals surface area contributed by atoms with Crippen LogP contribution in [0.2, 0.25) is 0 Å². The van der Waals surface area contributed by atoms with Crippen LogP contribution >= 0.6 is 0 Å². The van der Waals surface area contributed by atoms with Gasteiger partial charge in [-0.05, 0) is 24.1 Å². The van der Waals surface area contributed by atoms with Gasteiger partial charge in [0, 0.05) is 19.7 Å². The van der Waals surface area contributed by atoms with E-state index in [1.54, 1.807) is 4.68 Å². The van der Waals surface area contributed by atoms with Crippen molar-refractivity contribution in [2.75, 3.05) is 12.3 Å². The lowest BCUT2D eigenvalue weighted by atomic mass is 10.2. The van der Waals surface area contributed by atoms with Crippen LogP contribution < -0.4 is 10.5 Å². The second-order valence-electron chi connectivity index (χ2n) is 4.11. The van der Waals surface area contributed by atoms with Crippen LogP contribution in [-0.2, 0) is 13.5 Å². The molecule has 0 spiro atoms. The van der Waals surface area contributed by atoms with Gasteiger partial charge in [-0.15, -0.1) is 0 Å². The van der Waals surface area contributed by atoms with Gasteiger partial charge in [0.25, 0.3) is 0 Å². The number of hydrogen-bond donors (Lipinski definition) is 1. The Labute approximate surface area is 101 Å². The first-order valence-corrected chi connectivity index (χ1v) is 5.62. The normalized spacial score (nSPS) is 10.5. The first-order chi connectivity index (χ1) is 8.16. The molecule has 2 aromatic rings. The van der Waals surface area contributed by atoms with E-state index in [0.717, 1.165) is 17.7 Å². The van der Waals surface area contributed by atoms with Crippen molar-refractivity contribution in [3.05, 3.63) is 41.7 Å². The molecule has 1 aromatic carbocycles. The Hall–Kier alpha value is -1.97. The first kappa shape index (κ1) is 11.5. The highest BCUT2D eigenvalue weighted by Gasteiger charge is 2.04. The van der Waals surface area contributed by atoms with Crippen molar-refractivity contribution in [2.45, 2.75) is 13.3 Å². The zero-order valence-corrected chi connectivity index (χ0v) is 10.2. The minimum atomic E-state index is 0.612. The Morgan fingerprint density at radius 3 is 2.88 bits per heavy atom. The van der Waals surface area contributed by atoms with Crippen LogP contribution in [0.1, 0.15) is 11.1 Å². The molecule has 17 heavy (non-hydrogen) atoms.